The fourth-order valence-corrected chi connectivity index (χ4v) is 0.791. The molecule has 0 aliphatic carbocycles. The number of hydrogen-bond donors (Lipinski definition) is 2. The molecule has 1 aliphatic rings. The SMILES string of the molecule is CN1C=C(C(=O)O)C=CC1O. The summed E-state index contributed by atoms with van der Waals surface area (Å²) in [5.41, 5.74) is 0.179. The van der Waals surface area contributed by atoms with Crippen molar-refractivity contribution < 1.29 is 15.0 Å². The first-order chi connectivity index (χ1) is 5.11. The van der Waals surface area contributed by atoms with Gasteiger partial charge in [0, 0.05) is 13.2 Å². The van der Waals surface area contributed by atoms with E-state index in [1.807, 2.05) is 0 Å². The molecule has 0 saturated heterocycles. The van der Waals surface area contributed by atoms with Crippen molar-refractivity contribution in [3.8, 4) is 0 Å². The Morgan fingerprint density at radius 1 is 1.73 bits per heavy atom. The van der Waals surface area contributed by atoms with Crippen LogP contribution in [0.4, 0.5) is 0 Å². The van der Waals surface area contributed by atoms with Crippen molar-refractivity contribution in [2.45, 2.75) is 6.23 Å². The second-order valence-electron chi connectivity index (χ2n) is 2.33. The molecule has 0 aromatic rings. The molecule has 0 fully saturated rings. The molecule has 0 spiro atoms. The number of aliphatic hydroxyl groups is 1. The smallest absolute Gasteiger partial charge is 0.337 e. The van der Waals surface area contributed by atoms with Gasteiger partial charge in [-0.15, -0.1) is 0 Å². The molecular weight excluding hydrogens is 146 g/mol. The third-order valence-electron chi connectivity index (χ3n) is 1.45. The molecule has 2 N–H and O–H groups in total. The van der Waals surface area contributed by atoms with E-state index in [1.165, 1.54) is 23.3 Å². The minimum absolute atomic E-state index is 0.179. The van der Waals surface area contributed by atoms with Crippen molar-refractivity contribution in [1.29, 1.82) is 0 Å². The highest BCUT2D eigenvalue weighted by Crippen LogP contribution is 2.09. The molecular formula is C7H9NO3. The Morgan fingerprint density at radius 2 is 2.36 bits per heavy atom. The van der Waals surface area contributed by atoms with Gasteiger partial charge in [0.15, 0.2) is 0 Å². The zero-order valence-corrected chi connectivity index (χ0v) is 6.06. The van der Waals surface area contributed by atoms with Gasteiger partial charge in [0.1, 0.15) is 6.23 Å². The Kier molecular flexibility index (Phi) is 1.96. The van der Waals surface area contributed by atoms with Crippen LogP contribution >= 0.6 is 0 Å². The average molecular weight is 155 g/mol. The highest BCUT2D eigenvalue weighted by molar-refractivity contribution is 5.89. The van der Waals surface area contributed by atoms with Gasteiger partial charge in [-0.25, -0.2) is 4.79 Å². The number of nitrogens with zero attached hydrogens (tertiary/aromatic N) is 1. The number of aliphatic hydroxyl groups excluding tert-OH is 1. The van der Waals surface area contributed by atoms with E-state index in [0.29, 0.717) is 0 Å². The number of carbonyl (C=O) groups is 1. The summed E-state index contributed by atoms with van der Waals surface area (Å²) >= 11 is 0. The number of carboxylic acid groups (broad SMARTS) is 1. The number of hydrogen-bond acceptors (Lipinski definition) is 3. The molecule has 0 bridgehead atoms. The standard InChI is InChI=1S/C7H9NO3/c1-8-4-5(7(10)11)2-3-6(8)9/h2-4,6,9H,1H3,(H,10,11). The molecule has 4 heteroatoms. The minimum Gasteiger partial charge on any atom is -0.478 e. The summed E-state index contributed by atoms with van der Waals surface area (Å²) in [6.07, 6.45) is 3.47. The molecule has 11 heavy (non-hydrogen) atoms. The van der Waals surface area contributed by atoms with Crippen LogP contribution in [-0.4, -0.2) is 34.4 Å². The van der Waals surface area contributed by atoms with E-state index in [9.17, 15) is 4.79 Å². The topological polar surface area (TPSA) is 60.8 Å². The number of aliphatic carboxylic acids is 1. The third-order valence-corrected chi connectivity index (χ3v) is 1.45. The first kappa shape index (κ1) is 7.81. The molecule has 1 unspecified atom stereocenters. The molecule has 1 atom stereocenters. The quantitative estimate of drug-likeness (QED) is 0.549. The monoisotopic (exact) mass is 155 g/mol. The van der Waals surface area contributed by atoms with Crippen molar-refractivity contribution in [2.75, 3.05) is 7.05 Å². The van der Waals surface area contributed by atoms with Gasteiger partial charge in [-0.3, -0.25) is 0 Å². The lowest BCUT2D eigenvalue weighted by Gasteiger charge is -2.22. The van der Waals surface area contributed by atoms with Crippen LogP contribution in [0.5, 0.6) is 0 Å². The predicted octanol–water partition coefficient (Wildman–Crippen LogP) is -0.225. The average Bonchev–Trinajstić information content (AvgIpc) is 1.94. The first-order valence-corrected chi connectivity index (χ1v) is 3.14. The van der Waals surface area contributed by atoms with E-state index in [2.05, 4.69) is 0 Å². The Balaban J connectivity index is 2.80. The van der Waals surface area contributed by atoms with Gasteiger partial charge in [0.25, 0.3) is 0 Å². The first-order valence-electron chi connectivity index (χ1n) is 3.14. The summed E-state index contributed by atoms with van der Waals surface area (Å²) in [7, 11) is 1.61. The maximum absolute atomic E-state index is 10.4. The molecule has 0 radical (unpaired) electrons. The van der Waals surface area contributed by atoms with Gasteiger partial charge in [0.05, 0.1) is 5.57 Å². The molecule has 0 saturated carbocycles. The molecule has 1 heterocycles. The van der Waals surface area contributed by atoms with Crippen molar-refractivity contribution >= 4 is 5.97 Å². The molecule has 0 amide bonds. The predicted molar refractivity (Wildman–Crippen MR) is 38.6 cm³/mol. The van der Waals surface area contributed by atoms with E-state index in [0.717, 1.165) is 0 Å². The summed E-state index contributed by atoms with van der Waals surface area (Å²) in [5.74, 6) is -0.986. The lowest BCUT2D eigenvalue weighted by molar-refractivity contribution is -0.132. The van der Waals surface area contributed by atoms with Crippen molar-refractivity contribution in [2.24, 2.45) is 0 Å². The van der Waals surface area contributed by atoms with E-state index in [1.54, 1.807) is 7.05 Å². The normalized spacial score (nSPS) is 23.3. The number of rotatable bonds is 1. The van der Waals surface area contributed by atoms with E-state index in [-0.39, 0.29) is 5.57 Å². The van der Waals surface area contributed by atoms with Crippen molar-refractivity contribution in [1.82, 2.24) is 4.90 Å². The van der Waals surface area contributed by atoms with Crippen LogP contribution in [0.2, 0.25) is 0 Å². The van der Waals surface area contributed by atoms with Crippen LogP contribution in [0.1, 0.15) is 0 Å². The number of carboxylic acids is 1. The minimum atomic E-state index is -0.986. The van der Waals surface area contributed by atoms with Gasteiger partial charge in [-0.1, -0.05) is 0 Å². The van der Waals surface area contributed by atoms with Gasteiger partial charge < -0.3 is 15.1 Å². The maximum atomic E-state index is 10.4. The Bertz CT molecular complexity index is 232. The summed E-state index contributed by atoms with van der Waals surface area (Å²) < 4.78 is 0. The largest absolute Gasteiger partial charge is 0.478 e. The lowest BCUT2D eigenvalue weighted by Crippen LogP contribution is -2.28. The second kappa shape index (κ2) is 2.75. The van der Waals surface area contributed by atoms with Gasteiger partial charge in [-0.05, 0) is 12.2 Å². The third kappa shape index (κ3) is 1.59. The van der Waals surface area contributed by atoms with Gasteiger partial charge in [0.2, 0.25) is 0 Å². The summed E-state index contributed by atoms with van der Waals surface area (Å²) in [5, 5.41) is 17.6. The summed E-state index contributed by atoms with van der Waals surface area (Å²) in [4.78, 5) is 11.8. The summed E-state index contributed by atoms with van der Waals surface area (Å²) in [6.45, 7) is 0. The van der Waals surface area contributed by atoms with Gasteiger partial charge >= 0.3 is 5.97 Å². The van der Waals surface area contributed by atoms with Gasteiger partial charge in [-0.2, -0.15) is 0 Å². The fourth-order valence-electron chi connectivity index (χ4n) is 0.791. The van der Waals surface area contributed by atoms with Crippen LogP contribution in [-0.2, 0) is 4.79 Å². The van der Waals surface area contributed by atoms with Crippen LogP contribution in [0.25, 0.3) is 0 Å². The highest BCUT2D eigenvalue weighted by Gasteiger charge is 2.13. The number of likely N-dealkylation sites (N-methyl/N-ethyl adjacent to an activating group) is 1. The lowest BCUT2D eigenvalue weighted by atomic mass is 10.2. The molecule has 1 rings (SSSR count). The molecule has 0 aromatic carbocycles. The molecule has 1 aliphatic heterocycles. The van der Waals surface area contributed by atoms with Crippen LogP contribution < -0.4 is 0 Å². The maximum Gasteiger partial charge on any atom is 0.337 e. The zero-order valence-electron chi connectivity index (χ0n) is 6.06. The molecule has 60 valence electrons. The Morgan fingerprint density at radius 3 is 2.82 bits per heavy atom. The van der Waals surface area contributed by atoms with E-state index in [4.69, 9.17) is 10.2 Å². The van der Waals surface area contributed by atoms with Crippen LogP contribution in [0, 0.1) is 0 Å². The van der Waals surface area contributed by atoms with E-state index < -0.39 is 12.2 Å². The second-order valence-corrected chi connectivity index (χ2v) is 2.33. The van der Waals surface area contributed by atoms with E-state index >= 15 is 0 Å². The Labute approximate surface area is 64.1 Å². The molecule has 4 nitrogen and oxygen atoms in total. The van der Waals surface area contributed by atoms with Crippen LogP contribution in [0.3, 0.4) is 0 Å². The Hall–Kier alpha value is -1.29. The summed E-state index contributed by atoms with van der Waals surface area (Å²) in [6, 6.07) is 0. The van der Waals surface area contributed by atoms with Crippen LogP contribution in [0.15, 0.2) is 23.9 Å². The van der Waals surface area contributed by atoms with Crippen molar-refractivity contribution in [3.63, 3.8) is 0 Å². The molecule has 0 aromatic heterocycles. The van der Waals surface area contributed by atoms with Crippen molar-refractivity contribution in [3.05, 3.63) is 23.9 Å². The fraction of sp³-hybridized carbons (Fsp3) is 0.286. The zero-order chi connectivity index (χ0) is 8.43. The highest BCUT2D eigenvalue weighted by atomic mass is 16.4.